The van der Waals surface area contributed by atoms with Gasteiger partial charge in [0, 0.05) is 40.8 Å². The molecule has 9 nitrogen and oxygen atoms in total. The van der Waals surface area contributed by atoms with Crippen LogP contribution < -0.4 is 10.6 Å². The number of anilines is 2. The van der Waals surface area contributed by atoms with Crippen LogP contribution in [0.25, 0.3) is 0 Å². The summed E-state index contributed by atoms with van der Waals surface area (Å²) in [7, 11) is 0. The number of hydrogen-bond acceptors (Lipinski definition) is 6. The van der Waals surface area contributed by atoms with Gasteiger partial charge >= 0.3 is 5.97 Å². The van der Waals surface area contributed by atoms with E-state index in [0.717, 1.165) is 0 Å². The van der Waals surface area contributed by atoms with Crippen LogP contribution in [0.15, 0.2) is 46.9 Å². The standard InChI is InChI=1S/C19H17BrClN3O6/c20-15-8-7-13(10-16(15)21)23-18(26)11-30-19(27)6-2-5-17(25)22-12-3-1-4-14(9-12)24(28)29/h1,3-4,7-10H,2,5-6,11H2,(H,22,25)(H,23,26). The number of nitro groups is 1. The van der Waals surface area contributed by atoms with Crippen LogP contribution in [0, 0.1) is 10.1 Å². The number of esters is 1. The summed E-state index contributed by atoms with van der Waals surface area (Å²) in [5, 5.41) is 16.2. The van der Waals surface area contributed by atoms with Crippen LogP contribution in [0.2, 0.25) is 5.02 Å². The van der Waals surface area contributed by atoms with Crippen LogP contribution in [-0.2, 0) is 19.1 Å². The molecule has 0 aliphatic heterocycles. The van der Waals surface area contributed by atoms with Gasteiger partial charge in [-0.1, -0.05) is 17.7 Å². The number of carbonyl (C=O) groups excluding carboxylic acids is 3. The molecule has 0 spiro atoms. The molecular weight excluding hydrogens is 482 g/mol. The van der Waals surface area contributed by atoms with Gasteiger partial charge in [0.15, 0.2) is 6.61 Å². The second-order valence-electron chi connectivity index (χ2n) is 6.05. The van der Waals surface area contributed by atoms with Gasteiger partial charge in [0.1, 0.15) is 0 Å². The van der Waals surface area contributed by atoms with Gasteiger partial charge < -0.3 is 15.4 Å². The van der Waals surface area contributed by atoms with Crippen molar-refractivity contribution in [1.29, 1.82) is 0 Å². The molecule has 11 heteroatoms. The van der Waals surface area contributed by atoms with E-state index in [4.69, 9.17) is 16.3 Å². The number of amides is 2. The van der Waals surface area contributed by atoms with E-state index in [1.54, 1.807) is 18.2 Å². The Morgan fingerprint density at radius 3 is 2.43 bits per heavy atom. The maximum Gasteiger partial charge on any atom is 0.306 e. The van der Waals surface area contributed by atoms with Crippen molar-refractivity contribution in [2.45, 2.75) is 19.3 Å². The molecule has 158 valence electrons. The number of non-ortho nitro benzene ring substituents is 1. The summed E-state index contributed by atoms with van der Waals surface area (Å²) < 4.78 is 5.56. The molecule has 0 aliphatic rings. The van der Waals surface area contributed by atoms with E-state index >= 15 is 0 Å². The average Bonchev–Trinajstić information content (AvgIpc) is 2.69. The maximum atomic E-state index is 11.9. The molecule has 2 N–H and O–H groups in total. The van der Waals surface area contributed by atoms with Gasteiger partial charge in [0.2, 0.25) is 5.91 Å². The lowest BCUT2D eigenvalue weighted by Gasteiger charge is -2.08. The van der Waals surface area contributed by atoms with E-state index in [-0.39, 0.29) is 24.9 Å². The largest absolute Gasteiger partial charge is 0.456 e. The monoisotopic (exact) mass is 497 g/mol. The lowest BCUT2D eigenvalue weighted by molar-refractivity contribution is -0.384. The Hall–Kier alpha value is -2.98. The van der Waals surface area contributed by atoms with Gasteiger partial charge in [-0.2, -0.15) is 0 Å². The molecule has 0 heterocycles. The lowest BCUT2D eigenvalue weighted by Crippen LogP contribution is -2.21. The molecule has 0 bridgehead atoms. The fourth-order valence-corrected chi connectivity index (χ4v) is 2.73. The second kappa shape index (κ2) is 11.3. The summed E-state index contributed by atoms with van der Waals surface area (Å²) in [5.74, 6) is -1.54. The lowest BCUT2D eigenvalue weighted by atomic mass is 10.2. The molecule has 2 rings (SSSR count). The quantitative estimate of drug-likeness (QED) is 0.301. The molecule has 0 aliphatic carbocycles. The molecule has 0 saturated carbocycles. The molecule has 0 aromatic heterocycles. The highest BCUT2D eigenvalue weighted by Gasteiger charge is 2.11. The van der Waals surface area contributed by atoms with Gasteiger partial charge in [-0.3, -0.25) is 24.5 Å². The molecule has 2 aromatic rings. The van der Waals surface area contributed by atoms with Gasteiger partial charge in [-0.15, -0.1) is 0 Å². The van der Waals surface area contributed by atoms with Gasteiger partial charge in [-0.25, -0.2) is 0 Å². The van der Waals surface area contributed by atoms with Gasteiger partial charge in [0.05, 0.1) is 9.95 Å². The van der Waals surface area contributed by atoms with Crippen molar-refractivity contribution in [3.63, 3.8) is 0 Å². The minimum Gasteiger partial charge on any atom is -0.456 e. The number of nitrogens with one attached hydrogen (secondary N) is 2. The number of benzene rings is 2. The van der Waals surface area contributed by atoms with E-state index in [9.17, 15) is 24.5 Å². The Morgan fingerprint density at radius 2 is 1.73 bits per heavy atom. The normalized spacial score (nSPS) is 10.2. The first-order valence-corrected chi connectivity index (χ1v) is 9.86. The summed E-state index contributed by atoms with van der Waals surface area (Å²) >= 11 is 9.17. The molecule has 0 unspecified atom stereocenters. The summed E-state index contributed by atoms with van der Waals surface area (Å²) in [6.45, 7) is -0.466. The predicted octanol–water partition coefficient (Wildman–Crippen LogP) is 4.30. The number of halogens is 2. The zero-order valence-corrected chi connectivity index (χ0v) is 17.9. The van der Waals surface area contributed by atoms with Crippen LogP contribution in [-0.4, -0.2) is 29.3 Å². The third kappa shape index (κ3) is 7.80. The van der Waals surface area contributed by atoms with Crippen LogP contribution in [0.4, 0.5) is 17.1 Å². The predicted molar refractivity (Wildman–Crippen MR) is 114 cm³/mol. The zero-order chi connectivity index (χ0) is 22.1. The first-order chi connectivity index (χ1) is 14.2. The van der Waals surface area contributed by atoms with Crippen LogP contribution in [0.3, 0.4) is 0 Å². The zero-order valence-electron chi connectivity index (χ0n) is 15.5. The maximum absolute atomic E-state index is 11.9. The van der Waals surface area contributed by atoms with E-state index < -0.39 is 29.3 Å². The summed E-state index contributed by atoms with van der Waals surface area (Å²) in [6, 6.07) is 10.4. The Morgan fingerprint density at radius 1 is 1.03 bits per heavy atom. The molecular formula is C19H17BrClN3O6. The van der Waals surface area contributed by atoms with E-state index in [1.807, 2.05) is 0 Å². The molecule has 30 heavy (non-hydrogen) atoms. The van der Waals surface area contributed by atoms with Gasteiger partial charge in [-0.05, 0) is 46.6 Å². The SMILES string of the molecule is O=C(CCCC(=O)OCC(=O)Nc1ccc(Br)c(Cl)c1)Nc1cccc([N+](=O)[O-])c1. The molecule has 2 aromatic carbocycles. The van der Waals surface area contributed by atoms with Crippen molar-refractivity contribution < 1.29 is 24.0 Å². The van der Waals surface area contributed by atoms with E-state index in [2.05, 4.69) is 26.6 Å². The summed E-state index contributed by atoms with van der Waals surface area (Å²) in [5.41, 5.74) is 0.614. The van der Waals surface area contributed by atoms with Crippen LogP contribution >= 0.6 is 27.5 Å². The van der Waals surface area contributed by atoms with Crippen molar-refractivity contribution in [3.05, 3.63) is 62.1 Å². The minimum atomic E-state index is -0.623. The highest BCUT2D eigenvalue weighted by Crippen LogP contribution is 2.25. The highest BCUT2D eigenvalue weighted by molar-refractivity contribution is 9.10. The van der Waals surface area contributed by atoms with Crippen molar-refractivity contribution >= 4 is 62.4 Å². The van der Waals surface area contributed by atoms with Crippen molar-refractivity contribution in [1.82, 2.24) is 0 Å². The second-order valence-corrected chi connectivity index (χ2v) is 7.31. The van der Waals surface area contributed by atoms with Crippen LogP contribution in [0.1, 0.15) is 19.3 Å². The van der Waals surface area contributed by atoms with E-state index in [1.165, 1.54) is 24.3 Å². The molecule has 0 radical (unpaired) electrons. The van der Waals surface area contributed by atoms with Crippen molar-refractivity contribution in [2.24, 2.45) is 0 Å². The Labute approximate surface area is 185 Å². The molecule has 2 amide bonds. The first kappa shape index (κ1) is 23.3. The molecule has 0 fully saturated rings. The smallest absolute Gasteiger partial charge is 0.306 e. The highest BCUT2D eigenvalue weighted by atomic mass is 79.9. The summed E-state index contributed by atoms with van der Waals surface area (Å²) in [4.78, 5) is 45.6. The van der Waals surface area contributed by atoms with Gasteiger partial charge in [0.25, 0.3) is 11.6 Å². The summed E-state index contributed by atoms with van der Waals surface area (Å²) in [6.07, 6.45) is 0.157. The Balaban J connectivity index is 1.67. The number of nitro benzene ring substituents is 1. The fraction of sp³-hybridized carbons (Fsp3) is 0.211. The number of carbonyl (C=O) groups is 3. The average molecular weight is 499 g/mol. The Bertz CT molecular complexity index is 969. The number of nitrogens with zero attached hydrogens (tertiary/aromatic N) is 1. The third-order valence-electron chi connectivity index (χ3n) is 3.69. The molecule has 0 saturated heterocycles. The Kier molecular flexibility index (Phi) is 8.75. The fourth-order valence-electron chi connectivity index (χ4n) is 2.30. The van der Waals surface area contributed by atoms with Crippen molar-refractivity contribution in [2.75, 3.05) is 17.2 Å². The number of ether oxygens (including phenoxy) is 1. The first-order valence-electron chi connectivity index (χ1n) is 8.69. The minimum absolute atomic E-state index is 0.0153. The van der Waals surface area contributed by atoms with E-state index in [0.29, 0.717) is 20.9 Å². The molecule has 0 atom stereocenters. The van der Waals surface area contributed by atoms with Crippen molar-refractivity contribution in [3.8, 4) is 0 Å². The topological polar surface area (TPSA) is 128 Å². The van der Waals surface area contributed by atoms with Crippen LogP contribution in [0.5, 0.6) is 0 Å². The number of hydrogen-bond donors (Lipinski definition) is 2. The third-order valence-corrected chi connectivity index (χ3v) is 4.93. The number of rotatable bonds is 9.